The average molecular weight is 424 g/mol. The molecule has 31 heavy (non-hydrogen) atoms. The Morgan fingerprint density at radius 2 is 1.77 bits per heavy atom. The highest BCUT2D eigenvalue weighted by molar-refractivity contribution is 5.61. The number of ether oxygens (including phenoxy) is 2. The highest BCUT2D eigenvalue weighted by atomic mass is 19.3. The summed E-state index contributed by atoms with van der Waals surface area (Å²) in [5.41, 5.74) is 0.954. The highest BCUT2D eigenvalue weighted by Crippen LogP contribution is 3.07. The Morgan fingerprint density at radius 1 is 1.03 bits per heavy atom. The maximum atomic E-state index is 12.4. The van der Waals surface area contributed by atoms with Crippen molar-refractivity contribution in [3.05, 3.63) is 36.7 Å². The Kier molecular flexibility index (Phi) is 2.70. The van der Waals surface area contributed by atoms with Crippen LogP contribution in [0.1, 0.15) is 6.42 Å². The van der Waals surface area contributed by atoms with Gasteiger partial charge in [0.2, 0.25) is 5.88 Å². The highest BCUT2D eigenvalue weighted by Gasteiger charge is 3.10. The molecule has 0 radical (unpaired) electrons. The predicted octanol–water partition coefficient (Wildman–Crippen LogP) is 2.64. The zero-order valence-electron chi connectivity index (χ0n) is 16.2. The van der Waals surface area contributed by atoms with Gasteiger partial charge in [0.05, 0.1) is 24.6 Å². The molecule has 6 fully saturated rings. The molecule has 9 rings (SSSR count). The van der Waals surface area contributed by atoms with Crippen LogP contribution in [0.25, 0.3) is 17.0 Å². The molecule has 6 aliphatic carbocycles. The standard InChI is InChI=1S/C22H18F2N4O3/c23-20(24)31-10-3-1-9(2-4-10)19-27-26-11-7-25-8-12(28(11)19)30-6-5-21-15-13-14-17(15)22(21,29)18(14)16(13)21/h1-4,7-8,13-18,20,29H,5-6H2. The van der Waals surface area contributed by atoms with Crippen LogP contribution in [-0.4, -0.2) is 43.5 Å². The molecule has 1 aromatic carbocycles. The van der Waals surface area contributed by atoms with Crippen molar-refractivity contribution in [2.24, 2.45) is 40.9 Å². The first kappa shape index (κ1) is 16.8. The third-order valence-electron chi connectivity index (χ3n) is 9.22. The Balaban J connectivity index is 1.05. The molecule has 3 aromatic rings. The third-order valence-corrected chi connectivity index (χ3v) is 9.22. The number of aliphatic hydroxyl groups is 1. The van der Waals surface area contributed by atoms with E-state index in [1.54, 1.807) is 28.9 Å². The fourth-order valence-electron chi connectivity index (χ4n) is 8.46. The lowest BCUT2D eigenvalue weighted by Gasteiger charge is -3.10. The Morgan fingerprint density at radius 3 is 2.48 bits per heavy atom. The largest absolute Gasteiger partial charge is 0.477 e. The summed E-state index contributed by atoms with van der Waals surface area (Å²) < 4.78 is 37.1. The number of alkyl halides is 2. The fraction of sp³-hybridized carbons (Fsp3) is 0.500. The Bertz CT molecular complexity index is 1240. The van der Waals surface area contributed by atoms with Crippen molar-refractivity contribution < 1.29 is 23.4 Å². The molecule has 0 saturated heterocycles. The van der Waals surface area contributed by atoms with E-state index in [1.165, 1.54) is 12.1 Å². The molecule has 7 nitrogen and oxygen atoms in total. The first-order chi connectivity index (χ1) is 15.1. The predicted molar refractivity (Wildman–Crippen MR) is 101 cm³/mol. The maximum absolute atomic E-state index is 12.4. The van der Waals surface area contributed by atoms with Gasteiger partial charge < -0.3 is 14.6 Å². The third kappa shape index (κ3) is 1.53. The number of aromatic nitrogens is 4. The van der Waals surface area contributed by atoms with E-state index in [0.29, 0.717) is 41.4 Å². The van der Waals surface area contributed by atoms with Crippen LogP contribution < -0.4 is 9.47 Å². The molecular weight excluding hydrogens is 406 g/mol. The first-order valence-electron chi connectivity index (χ1n) is 10.7. The number of halogens is 2. The van der Waals surface area contributed by atoms with E-state index < -0.39 is 6.61 Å². The molecule has 4 unspecified atom stereocenters. The van der Waals surface area contributed by atoms with Crippen LogP contribution in [0.4, 0.5) is 8.78 Å². The van der Waals surface area contributed by atoms with Gasteiger partial charge >= 0.3 is 6.61 Å². The number of nitrogens with zero attached hydrogens (tertiary/aromatic N) is 4. The molecule has 0 bridgehead atoms. The molecule has 6 aliphatic rings. The maximum Gasteiger partial charge on any atom is 0.387 e. The van der Waals surface area contributed by atoms with Gasteiger partial charge in [0.1, 0.15) is 5.75 Å². The van der Waals surface area contributed by atoms with E-state index in [1.807, 2.05) is 0 Å². The van der Waals surface area contributed by atoms with Crippen molar-refractivity contribution >= 4 is 5.65 Å². The van der Waals surface area contributed by atoms with Crippen molar-refractivity contribution in [3.63, 3.8) is 0 Å². The first-order valence-corrected chi connectivity index (χ1v) is 10.7. The molecule has 0 aliphatic heterocycles. The summed E-state index contributed by atoms with van der Waals surface area (Å²) >= 11 is 0. The second-order valence-corrected chi connectivity index (χ2v) is 9.59. The van der Waals surface area contributed by atoms with Crippen LogP contribution in [0.15, 0.2) is 36.7 Å². The van der Waals surface area contributed by atoms with Gasteiger partial charge in [-0.05, 0) is 66.2 Å². The molecular formula is C22H18F2N4O3. The lowest BCUT2D eigenvalue weighted by atomic mass is 8.94. The Labute approximate surface area is 175 Å². The SMILES string of the molecule is OC12C3C4C5C3C1(CCOc1cncc3nnc(-c6ccc(OC(F)F)cc6)n13)C5C42. The molecule has 2 aromatic heterocycles. The quantitative estimate of drug-likeness (QED) is 0.628. The van der Waals surface area contributed by atoms with Crippen LogP contribution in [0.3, 0.4) is 0 Å². The summed E-state index contributed by atoms with van der Waals surface area (Å²) in [5.74, 6) is 5.51. The Hall–Kier alpha value is -2.81. The van der Waals surface area contributed by atoms with E-state index in [4.69, 9.17) is 4.74 Å². The van der Waals surface area contributed by atoms with Crippen LogP contribution in [0.5, 0.6) is 11.6 Å². The minimum Gasteiger partial charge on any atom is -0.477 e. The van der Waals surface area contributed by atoms with Gasteiger partial charge in [-0.2, -0.15) is 8.78 Å². The van der Waals surface area contributed by atoms with Gasteiger partial charge in [-0.1, -0.05) is 0 Å². The van der Waals surface area contributed by atoms with Crippen LogP contribution in [0.2, 0.25) is 0 Å². The topological polar surface area (TPSA) is 81.8 Å². The number of hydrogen-bond donors (Lipinski definition) is 1. The van der Waals surface area contributed by atoms with Crippen molar-refractivity contribution in [1.29, 1.82) is 0 Å². The van der Waals surface area contributed by atoms with Crippen LogP contribution in [0, 0.1) is 40.9 Å². The van der Waals surface area contributed by atoms with Gasteiger partial charge in [0, 0.05) is 11.0 Å². The molecule has 0 spiro atoms. The van der Waals surface area contributed by atoms with Crippen LogP contribution >= 0.6 is 0 Å². The smallest absolute Gasteiger partial charge is 0.387 e. The monoisotopic (exact) mass is 424 g/mol. The molecule has 6 saturated carbocycles. The summed E-state index contributed by atoms with van der Waals surface area (Å²) in [7, 11) is 0. The van der Waals surface area contributed by atoms with Crippen molar-refractivity contribution in [2.45, 2.75) is 18.6 Å². The van der Waals surface area contributed by atoms with E-state index >= 15 is 0 Å². The second-order valence-electron chi connectivity index (χ2n) is 9.59. The molecule has 1 N–H and O–H groups in total. The molecule has 2 heterocycles. The van der Waals surface area contributed by atoms with E-state index in [-0.39, 0.29) is 16.8 Å². The number of benzene rings is 1. The lowest BCUT2D eigenvalue weighted by Crippen LogP contribution is -3.13. The summed E-state index contributed by atoms with van der Waals surface area (Å²) in [6, 6.07) is 6.25. The zero-order chi connectivity index (χ0) is 20.7. The summed E-state index contributed by atoms with van der Waals surface area (Å²) in [6.07, 6.45) is 4.09. The van der Waals surface area contributed by atoms with Gasteiger partial charge in [0.15, 0.2) is 11.5 Å². The van der Waals surface area contributed by atoms with Crippen molar-refractivity contribution in [1.82, 2.24) is 19.6 Å². The second kappa shape index (κ2) is 4.98. The molecule has 9 heteroatoms. The minimum atomic E-state index is -2.87. The summed E-state index contributed by atoms with van der Waals surface area (Å²) in [5, 5.41) is 19.4. The van der Waals surface area contributed by atoms with Crippen molar-refractivity contribution in [2.75, 3.05) is 6.61 Å². The van der Waals surface area contributed by atoms with Gasteiger partial charge in [-0.15, -0.1) is 10.2 Å². The van der Waals surface area contributed by atoms with E-state index in [0.717, 1.165) is 30.1 Å². The molecule has 158 valence electrons. The summed E-state index contributed by atoms with van der Waals surface area (Å²) in [6.45, 7) is -2.36. The normalized spacial score (nSPS) is 41.5. The average Bonchev–Trinajstić information content (AvgIpc) is 3.19. The number of hydrogen-bond acceptors (Lipinski definition) is 6. The van der Waals surface area contributed by atoms with E-state index in [9.17, 15) is 13.9 Å². The van der Waals surface area contributed by atoms with Gasteiger partial charge in [0.25, 0.3) is 0 Å². The number of fused-ring (bicyclic) bond motifs is 1. The van der Waals surface area contributed by atoms with Gasteiger partial charge in [-0.25, -0.2) is 4.40 Å². The minimum absolute atomic E-state index is 0.0806. The lowest BCUT2D eigenvalue weighted by molar-refractivity contribution is -0.667. The fourth-order valence-corrected chi connectivity index (χ4v) is 8.46. The van der Waals surface area contributed by atoms with Crippen molar-refractivity contribution in [3.8, 4) is 23.0 Å². The summed E-state index contributed by atoms with van der Waals surface area (Å²) in [4.78, 5) is 4.20. The van der Waals surface area contributed by atoms with E-state index in [2.05, 4.69) is 19.9 Å². The number of rotatable bonds is 7. The van der Waals surface area contributed by atoms with Crippen LogP contribution in [-0.2, 0) is 0 Å². The molecule has 0 amide bonds. The zero-order valence-corrected chi connectivity index (χ0v) is 16.2. The molecule has 4 atom stereocenters. The van der Waals surface area contributed by atoms with Gasteiger partial charge in [-0.3, -0.25) is 4.98 Å².